The number of hydrogen-bond donors (Lipinski definition) is 3. The van der Waals surface area contributed by atoms with Gasteiger partial charge in [-0.2, -0.15) is 0 Å². The van der Waals surface area contributed by atoms with Crippen LogP contribution in [-0.2, 0) is 21.3 Å². The summed E-state index contributed by atoms with van der Waals surface area (Å²) < 4.78 is 34.5. The highest BCUT2D eigenvalue weighted by Gasteiger charge is 2.24. The maximum Gasteiger partial charge on any atom is 0.267 e. The van der Waals surface area contributed by atoms with Crippen LogP contribution in [0.4, 0.5) is 22.7 Å². The molecule has 2 saturated heterocycles. The summed E-state index contributed by atoms with van der Waals surface area (Å²) in [5, 5.41) is 7.47. The van der Waals surface area contributed by atoms with Gasteiger partial charge in [-0.15, -0.1) is 0 Å². The van der Waals surface area contributed by atoms with Gasteiger partial charge in [0.1, 0.15) is 0 Å². The van der Waals surface area contributed by atoms with Crippen LogP contribution >= 0.6 is 11.6 Å². The summed E-state index contributed by atoms with van der Waals surface area (Å²) >= 11 is 6.15. The van der Waals surface area contributed by atoms with E-state index in [0.29, 0.717) is 11.6 Å². The molecule has 5 aromatic rings. The largest absolute Gasteiger partial charge is 0.385 e. The minimum absolute atomic E-state index is 0.0188. The lowest BCUT2D eigenvalue weighted by Gasteiger charge is -2.36. The molecule has 0 aromatic heterocycles. The molecule has 2 aliphatic heterocycles. The highest BCUT2D eigenvalue weighted by atomic mass is 35.5. The molecule has 0 atom stereocenters. The summed E-state index contributed by atoms with van der Waals surface area (Å²) in [7, 11) is -4.13. The summed E-state index contributed by atoms with van der Waals surface area (Å²) in [6.45, 7) is 6.50. The molecule has 2 heterocycles. The van der Waals surface area contributed by atoms with Gasteiger partial charge >= 0.3 is 0 Å². The number of ether oxygens (including phenoxy) is 1. The Morgan fingerprint density at radius 2 is 1.47 bits per heavy atom. The van der Waals surface area contributed by atoms with Gasteiger partial charge in [-0.25, -0.2) is 13.1 Å². The first-order valence-electron chi connectivity index (χ1n) is 18.1. The van der Waals surface area contributed by atoms with E-state index in [1.54, 1.807) is 18.2 Å². The van der Waals surface area contributed by atoms with Crippen LogP contribution in [0.5, 0.6) is 0 Å². The molecule has 0 radical (unpaired) electrons. The first-order chi connectivity index (χ1) is 25.8. The van der Waals surface area contributed by atoms with Gasteiger partial charge in [0.2, 0.25) is 0 Å². The molecule has 0 bridgehead atoms. The van der Waals surface area contributed by atoms with Crippen molar-refractivity contribution in [3.8, 4) is 11.1 Å². The Morgan fingerprint density at radius 3 is 2.21 bits per heavy atom. The number of halogens is 1. The van der Waals surface area contributed by atoms with Gasteiger partial charge in [0.25, 0.3) is 15.9 Å². The SMILES string of the molecule is O=C(NS(=O)(=O)c1ccc(NCC2CCOCC2)cc1)c1ccc(N2CCN(Cc3ccccc3-c3ccc(Cl)cc3)CC2)cc1Nc1ccccc1. The second-order valence-corrected chi connectivity index (χ2v) is 15.7. The zero-order valence-electron chi connectivity index (χ0n) is 29.5. The minimum atomic E-state index is -4.13. The topological polar surface area (TPSA) is 103 Å². The lowest BCUT2D eigenvalue weighted by Crippen LogP contribution is -2.46. The maximum absolute atomic E-state index is 13.7. The second-order valence-electron chi connectivity index (χ2n) is 13.5. The van der Waals surface area contributed by atoms with Crippen molar-refractivity contribution < 1.29 is 17.9 Å². The lowest BCUT2D eigenvalue weighted by atomic mass is 9.99. The maximum atomic E-state index is 13.7. The lowest BCUT2D eigenvalue weighted by molar-refractivity contribution is 0.0699. The fourth-order valence-corrected chi connectivity index (χ4v) is 7.97. The minimum Gasteiger partial charge on any atom is -0.385 e. The number of nitrogens with one attached hydrogen (secondary N) is 3. The summed E-state index contributed by atoms with van der Waals surface area (Å²) in [5.41, 5.74) is 6.93. The summed E-state index contributed by atoms with van der Waals surface area (Å²) in [6, 6.07) is 38.0. The Bertz CT molecular complexity index is 2100. The molecule has 2 aliphatic rings. The van der Waals surface area contributed by atoms with Crippen LogP contribution in [0.15, 0.2) is 126 Å². The van der Waals surface area contributed by atoms with Crippen LogP contribution < -0.4 is 20.3 Å². The number of amides is 1. The van der Waals surface area contributed by atoms with Crippen LogP contribution in [0.25, 0.3) is 11.1 Å². The summed E-state index contributed by atoms with van der Waals surface area (Å²) in [5.74, 6) is -0.184. The number of para-hydroxylation sites is 1. The highest BCUT2D eigenvalue weighted by Crippen LogP contribution is 2.30. The molecule has 0 unspecified atom stereocenters. The van der Waals surface area contributed by atoms with Gasteiger partial charge in [0.05, 0.1) is 16.1 Å². The van der Waals surface area contributed by atoms with Gasteiger partial charge in [0.15, 0.2) is 0 Å². The van der Waals surface area contributed by atoms with Crippen molar-refractivity contribution in [3.63, 3.8) is 0 Å². The Balaban J connectivity index is 1.02. The normalized spacial score (nSPS) is 15.5. The van der Waals surface area contributed by atoms with Gasteiger partial charge in [-0.05, 0) is 102 Å². The Labute approximate surface area is 317 Å². The number of rotatable bonds is 12. The van der Waals surface area contributed by atoms with Gasteiger partial charge in [-0.3, -0.25) is 9.69 Å². The Hall–Kier alpha value is -4.87. The van der Waals surface area contributed by atoms with E-state index in [4.69, 9.17) is 16.3 Å². The molecular formula is C42H44ClN5O4S. The molecule has 0 aliphatic carbocycles. The number of benzene rings is 5. The third-order valence-electron chi connectivity index (χ3n) is 9.93. The summed E-state index contributed by atoms with van der Waals surface area (Å²) in [4.78, 5) is 18.4. The average Bonchev–Trinajstić information content (AvgIpc) is 3.19. The van der Waals surface area contributed by atoms with Crippen LogP contribution in [0.3, 0.4) is 0 Å². The van der Waals surface area contributed by atoms with Gasteiger partial charge in [-0.1, -0.05) is 66.2 Å². The number of carbonyl (C=O) groups excluding carboxylic acids is 1. The number of nitrogens with zero attached hydrogens (tertiary/aromatic N) is 2. The first kappa shape index (κ1) is 36.5. The standard InChI is InChI=1S/C42H44ClN5O4S/c43-34-12-10-32(11-13-34)39-9-5-4-6-33(39)30-47-22-24-48(25-23-47)37-16-19-40(41(28-37)45-36-7-2-1-3-8-36)42(49)46-53(50,51)38-17-14-35(15-18-38)44-29-31-20-26-52-27-21-31/h1-19,28,31,44-45H,20-27,29-30H2,(H,46,49). The molecule has 2 fully saturated rings. The quantitative estimate of drug-likeness (QED) is 0.118. The van der Waals surface area contributed by atoms with E-state index in [2.05, 4.69) is 61.6 Å². The fraction of sp³-hybridized carbons (Fsp3) is 0.262. The van der Waals surface area contributed by atoms with Crippen LogP contribution in [0, 0.1) is 5.92 Å². The van der Waals surface area contributed by atoms with Gasteiger partial charge < -0.3 is 20.3 Å². The Kier molecular flexibility index (Phi) is 11.6. The van der Waals surface area contributed by atoms with Crippen molar-refractivity contribution in [2.75, 3.05) is 61.5 Å². The number of hydrogen-bond acceptors (Lipinski definition) is 8. The van der Waals surface area contributed by atoms with E-state index in [1.807, 2.05) is 54.6 Å². The van der Waals surface area contributed by atoms with E-state index >= 15 is 0 Å². The molecule has 7 rings (SSSR count). The molecular weight excluding hydrogens is 706 g/mol. The molecule has 0 saturated carbocycles. The van der Waals surface area contributed by atoms with E-state index in [-0.39, 0.29) is 10.5 Å². The molecule has 5 aromatic carbocycles. The molecule has 9 nitrogen and oxygen atoms in total. The van der Waals surface area contributed by atoms with E-state index in [9.17, 15) is 13.2 Å². The number of anilines is 4. The van der Waals surface area contributed by atoms with E-state index in [1.165, 1.54) is 23.3 Å². The number of carbonyl (C=O) groups is 1. The third kappa shape index (κ3) is 9.39. The predicted octanol–water partition coefficient (Wildman–Crippen LogP) is 8.03. The van der Waals surface area contributed by atoms with Crippen molar-refractivity contribution in [2.45, 2.75) is 24.3 Å². The smallest absolute Gasteiger partial charge is 0.267 e. The van der Waals surface area contributed by atoms with Crippen molar-refractivity contribution in [1.29, 1.82) is 0 Å². The third-order valence-corrected chi connectivity index (χ3v) is 11.5. The molecule has 274 valence electrons. The van der Waals surface area contributed by atoms with Crippen LogP contribution in [-0.4, -0.2) is 65.2 Å². The van der Waals surface area contributed by atoms with Crippen molar-refractivity contribution in [3.05, 3.63) is 137 Å². The van der Waals surface area contributed by atoms with Crippen molar-refractivity contribution in [1.82, 2.24) is 9.62 Å². The van der Waals surface area contributed by atoms with E-state index in [0.717, 1.165) is 93.0 Å². The fourth-order valence-electron chi connectivity index (χ4n) is 6.88. The Morgan fingerprint density at radius 1 is 0.774 bits per heavy atom. The second kappa shape index (κ2) is 16.9. The van der Waals surface area contributed by atoms with Crippen molar-refractivity contribution in [2.24, 2.45) is 5.92 Å². The zero-order chi connectivity index (χ0) is 36.6. The van der Waals surface area contributed by atoms with Gasteiger partial charge in [0, 0.05) is 74.6 Å². The summed E-state index contributed by atoms with van der Waals surface area (Å²) in [6.07, 6.45) is 2.01. The first-order valence-corrected chi connectivity index (χ1v) is 19.9. The number of sulfonamides is 1. The van der Waals surface area contributed by atoms with Crippen LogP contribution in [0.1, 0.15) is 28.8 Å². The highest BCUT2D eigenvalue weighted by molar-refractivity contribution is 7.90. The van der Waals surface area contributed by atoms with Crippen molar-refractivity contribution >= 4 is 50.3 Å². The molecule has 3 N–H and O–H groups in total. The average molecular weight is 750 g/mol. The molecule has 0 spiro atoms. The number of piperazine rings is 1. The molecule has 53 heavy (non-hydrogen) atoms. The van der Waals surface area contributed by atoms with Crippen LogP contribution in [0.2, 0.25) is 5.02 Å². The zero-order valence-corrected chi connectivity index (χ0v) is 31.1. The monoisotopic (exact) mass is 749 g/mol. The molecule has 11 heteroatoms. The predicted molar refractivity (Wildman–Crippen MR) is 214 cm³/mol. The molecule has 1 amide bonds. The van der Waals surface area contributed by atoms with E-state index < -0.39 is 15.9 Å².